The van der Waals surface area contributed by atoms with Crippen LogP contribution in [0.4, 0.5) is 5.82 Å². The molecule has 3 heteroatoms. The van der Waals surface area contributed by atoms with Crippen molar-refractivity contribution in [1.82, 2.24) is 4.98 Å². The van der Waals surface area contributed by atoms with E-state index < -0.39 is 0 Å². The molecule has 1 aromatic rings. The van der Waals surface area contributed by atoms with Gasteiger partial charge in [0.1, 0.15) is 5.82 Å². The number of anilines is 1. The number of rotatable bonds is 3. The third-order valence-corrected chi connectivity index (χ3v) is 2.93. The lowest BCUT2D eigenvalue weighted by atomic mass is 10.2. The van der Waals surface area contributed by atoms with Crippen LogP contribution in [0.1, 0.15) is 18.4 Å². The molecule has 1 aliphatic rings. The van der Waals surface area contributed by atoms with Crippen molar-refractivity contribution in [2.75, 3.05) is 11.2 Å². The number of halogens is 1. The molecule has 2 nitrogen and oxygen atoms in total. The van der Waals surface area contributed by atoms with Gasteiger partial charge in [-0.3, -0.25) is 0 Å². The summed E-state index contributed by atoms with van der Waals surface area (Å²) in [4.78, 5) is 4.24. The number of nitrogens with zero attached hydrogens (tertiary/aromatic N) is 1. The Morgan fingerprint density at radius 2 is 2.38 bits per heavy atom. The van der Waals surface area contributed by atoms with Crippen LogP contribution >= 0.6 is 11.6 Å². The van der Waals surface area contributed by atoms with Gasteiger partial charge >= 0.3 is 0 Å². The predicted molar refractivity (Wildman–Crippen MR) is 55.3 cm³/mol. The Balaban J connectivity index is 2.09. The summed E-state index contributed by atoms with van der Waals surface area (Å²) < 4.78 is 0. The van der Waals surface area contributed by atoms with Crippen molar-refractivity contribution in [3.63, 3.8) is 0 Å². The fraction of sp³-hybridized carbons (Fsp3) is 0.500. The summed E-state index contributed by atoms with van der Waals surface area (Å²) in [5.41, 5.74) is 1.37. The Morgan fingerprint density at radius 3 is 2.92 bits per heavy atom. The summed E-state index contributed by atoms with van der Waals surface area (Å²) in [6, 6.07) is 4.04. The molecule has 0 bridgehead atoms. The van der Waals surface area contributed by atoms with Gasteiger partial charge in [0, 0.05) is 12.1 Å². The van der Waals surface area contributed by atoms with Gasteiger partial charge in [-0.25, -0.2) is 4.98 Å². The molecule has 13 heavy (non-hydrogen) atoms. The zero-order valence-electron chi connectivity index (χ0n) is 7.68. The number of alkyl halides is 1. The van der Waals surface area contributed by atoms with Crippen molar-refractivity contribution in [3.8, 4) is 0 Å². The molecule has 0 atom stereocenters. The summed E-state index contributed by atoms with van der Waals surface area (Å²) in [5.74, 6) is 1.61. The monoisotopic (exact) mass is 196 g/mol. The highest BCUT2D eigenvalue weighted by molar-refractivity contribution is 6.19. The molecule has 1 N–H and O–H groups in total. The predicted octanol–water partition coefficient (Wildman–Crippen LogP) is 2.57. The molecule has 0 radical (unpaired) electrons. The molecule has 0 spiro atoms. The van der Waals surface area contributed by atoms with Gasteiger partial charge in [0.2, 0.25) is 0 Å². The normalized spacial score (nSPS) is 18.3. The quantitative estimate of drug-likeness (QED) is 0.752. The second-order valence-corrected chi connectivity index (χ2v) is 4.02. The van der Waals surface area contributed by atoms with Crippen LogP contribution in [0.25, 0.3) is 0 Å². The molecule has 0 aromatic carbocycles. The third-order valence-electron chi connectivity index (χ3n) is 2.42. The maximum absolute atomic E-state index is 5.86. The van der Waals surface area contributed by atoms with E-state index in [1.165, 1.54) is 5.56 Å². The maximum atomic E-state index is 5.86. The third kappa shape index (κ3) is 1.94. The van der Waals surface area contributed by atoms with E-state index in [1.807, 2.05) is 18.3 Å². The first-order valence-electron chi connectivity index (χ1n) is 4.51. The largest absolute Gasteiger partial charge is 0.363 e. The lowest BCUT2D eigenvalue weighted by molar-refractivity contribution is 0.829. The highest BCUT2D eigenvalue weighted by atomic mass is 35.5. The van der Waals surface area contributed by atoms with Crippen LogP contribution in [0.3, 0.4) is 0 Å². The first-order chi connectivity index (χ1) is 6.24. The molecule has 0 aliphatic heterocycles. The highest BCUT2D eigenvalue weighted by Crippen LogP contribution is 2.39. The zero-order chi connectivity index (χ0) is 9.31. The molecule has 1 fully saturated rings. The summed E-state index contributed by atoms with van der Waals surface area (Å²) in [6.07, 6.45) is 4.14. The topological polar surface area (TPSA) is 24.9 Å². The number of pyridine rings is 1. The van der Waals surface area contributed by atoms with Crippen molar-refractivity contribution < 1.29 is 0 Å². The second kappa shape index (κ2) is 3.18. The molecule has 0 unspecified atom stereocenters. The Labute approximate surface area is 83.3 Å². The van der Waals surface area contributed by atoms with E-state index in [2.05, 4.69) is 17.2 Å². The van der Waals surface area contributed by atoms with E-state index in [0.29, 0.717) is 5.88 Å². The molecule has 70 valence electrons. The summed E-state index contributed by atoms with van der Waals surface area (Å²) in [6.45, 7) is 2.06. The first-order valence-corrected chi connectivity index (χ1v) is 5.04. The molecule has 1 aromatic heterocycles. The van der Waals surface area contributed by atoms with Crippen LogP contribution in [0.5, 0.6) is 0 Å². The van der Waals surface area contributed by atoms with E-state index in [4.69, 9.17) is 11.6 Å². The SMILES string of the molecule is Cc1ccnc(NC2(CCl)CC2)c1. The molecule has 2 rings (SSSR count). The highest BCUT2D eigenvalue weighted by Gasteiger charge is 2.41. The van der Waals surface area contributed by atoms with Gasteiger partial charge in [0.15, 0.2) is 0 Å². The lowest BCUT2D eigenvalue weighted by Crippen LogP contribution is -2.23. The smallest absolute Gasteiger partial charge is 0.126 e. The minimum absolute atomic E-state index is 0.141. The van der Waals surface area contributed by atoms with Crippen LogP contribution in [-0.2, 0) is 0 Å². The molecular weight excluding hydrogens is 184 g/mol. The first kappa shape index (κ1) is 8.82. The molecule has 1 saturated carbocycles. The second-order valence-electron chi connectivity index (χ2n) is 3.76. The van der Waals surface area contributed by atoms with Crippen LogP contribution in [0.15, 0.2) is 18.3 Å². The van der Waals surface area contributed by atoms with Gasteiger partial charge < -0.3 is 5.32 Å². The van der Waals surface area contributed by atoms with Gasteiger partial charge in [0.25, 0.3) is 0 Å². The standard InChI is InChI=1S/C10H13ClN2/c1-8-2-5-12-9(6-8)13-10(7-11)3-4-10/h2,5-6H,3-4,7H2,1H3,(H,12,13). The van der Waals surface area contributed by atoms with Gasteiger partial charge in [0.05, 0.1) is 5.54 Å². The van der Waals surface area contributed by atoms with Crippen LogP contribution in [-0.4, -0.2) is 16.4 Å². The van der Waals surface area contributed by atoms with Crippen molar-refractivity contribution in [2.45, 2.75) is 25.3 Å². The lowest BCUT2D eigenvalue weighted by Gasteiger charge is -2.14. The Bertz CT molecular complexity index is 308. The van der Waals surface area contributed by atoms with E-state index in [-0.39, 0.29) is 5.54 Å². The van der Waals surface area contributed by atoms with Crippen molar-refractivity contribution in [2.24, 2.45) is 0 Å². The number of hydrogen-bond acceptors (Lipinski definition) is 2. The fourth-order valence-electron chi connectivity index (χ4n) is 1.32. The maximum Gasteiger partial charge on any atom is 0.126 e. The van der Waals surface area contributed by atoms with E-state index in [0.717, 1.165) is 18.7 Å². The van der Waals surface area contributed by atoms with Gasteiger partial charge in [-0.15, -0.1) is 11.6 Å². The van der Waals surface area contributed by atoms with E-state index >= 15 is 0 Å². The van der Waals surface area contributed by atoms with Crippen LogP contribution in [0.2, 0.25) is 0 Å². The zero-order valence-corrected chi connectivity index (χ0v) is 8.43. The molecule has 0 amide bonds. The van der Waals surface area contributed by atoms with E-state index in [9.17, 15) is 0 Å². The van der Waals surface area contributed by atoms with E-state index in [1.54, 1.807) is 0 Å². The Hall–Kier alpha value is -0.760. The molecule has 1 aliphatic carbocycles. The van der Waals surface area contributed by atoms with Gasteiger partial charge in [-0.1, -0.05) is 0 Å². The number of aromatic nitrogens is 1. The number of nitrogens with one attached hydrogen (secondary N) is 1. The minimum Gasteiger partial charge on any atom is -0.363 e. The average molecular weight is 197 g/mol. The number of aryl methyl sites for hydroxylation is 1. The summed E-state index contributed by atoms with van der Waals surface area (Å²) in [5, 5.41) is 3.38. The van der Waals surface area contributed by atoms with Crippen LogP contribution in [0, 0.1) is 6.92 Å². The Kier molecular flexibility index (Phi) is 2.16. The fourth-order valence-corrected chi connectivity index (χ4v) is 1.65. The summed E-state index contributed by atoms with van der Waals surface area (Å²) >= 11 is 5.86. The van der Waals surface area contributed by atoms with Crippen LogP contribution < -0.4 is 5.32 Å². The average Bonchev–Trinajstić information content (AvgIpc) is 2.86. The van der Waals surface area contributed by atoms with Gasteiger partial charge in [-0.2, -0.15) is 0 Å². The molecule has 0 saturated heterocycles. The minimum atomic E-state index is 0.141. The Morgan fingerprint density at radius 1 is 1.62 bits per heavy atom. The van der Waals surface area contributed by atoms with Crippen molar-refractivity contribution in [3.05, 3.63) is 23.9 Å². The van der Waals surface area contributed by atoms with Gasteiger partial charge in [-0.05, 0) is 37.5 Å². The molecule has 1 heterocycles. The molecular formula is C10H13ClN2. The number of hydrogen-bond donors (Lipinski definition) is 1. The summed E-state index contributed by atoms with van der Waals surface area (Å²) in [7, 11) is 0. The van der Waals surface area contributed by atoms with Crippen molar-refractivity contribution >= 4 is 17.4 Å². The van der Waals surface area contributed by atoms with Crippen molar-refractivity contribution in [1.29, 1.82) is 0 Å².